The fourth-order valence-corrected chi connectivity index (χ4v) is 4.73. The van der Waals surface area contributed by atoms with E-state index >= 15 is 0 Å². The Balaban J connectivity index is 1.51. The SMILES string of the molecule is COc1ccccc1CN1C(=O)CCc2c(C)nc([C@@H]3CCCN3C(=O)c3ccn[nH]3)nc21. The summed E-state index contributed by atoms with van der Waals surface area (Å²) in [4.78, 5) is 39.2. The molecule has 2 amide bonds. The Labute approximate surface area is 191 Å². The molecule has 9 nitrogen and oxygen atoms in total. The molecule has 1 atom stereocenters. The van der Waals surface area contributed by atoms with E-state index in [1.165, 1.54) is 0 Å². The largest absolute Gasteiger partial charge is 0.496 e. The highest BCUT2D eigenvalue weighted by molar-refractivity contribution is 5.95. The van der Waals surface area contributed by atoms with Gasteiger partial charge in [0, 0.05) is 36.0 Å². The Morgan fingerprint density at radius 3 is 2.85 bits per heavy atom. The van der Waals surface area contributed by atoms with Gasteiger partial charge >= 0.3 is 0 Å². The van der Waals surface area contributed by atoms with Crippen LogP contribution in [-0.2, 0) is 17.8 Å². The Morgan fingerprint density at radius 2 is 2.06 bits per heavy atom. The van der Waals surface area contributed by atoms with Crippen molar-refractivity contribution in [2.45, 2.75) is 45.2 Å². The zero-order chi connectivity index (χ0) is 22.9. The number of hydrogen-bond acceptors (Lipinski definition) is 6. The number of rotatable bonds is 5. The minimum absolute atomic E-state index is 0.0225. The molecule has 0 aliphatic carbocycles. The molecule has 0 saturated carbocycles. The van der Waals surface area contributed by atoms with Crippen LogP contribution >= 0.6 is 0 Å². The van der Waals surface area contributed by atoms with Gasteiger partial charge in [0.25, 0.3) is 5.91 Å². The number of hydrogen-bond donors (Lipinski definition) is 1. The van der Waals surface area contributed by atoms with Crippen molar-refractivity contribution < 1.29 is 14.3 Å². The average molecular weight is 447 g/mol. The molecule has 170 valence electrons. The first kappa shape index (κ1) is 21.1. The van der Waals surface area contributed by atoms with Crippen LogP contribution in [-0.4, -0.2) is 50.5 Å². The number of likely N-dealkylation sites (tertiary alicyclic amines) is 1. The maximum atomic E-state index is 13.0. The highest BCUT2D eigenvalue weighted by Crippen LogP contribution is 2.36. The Kier molecular flexibility index (Phi) is 5.53. The van der Waals surface area contributed by atoms with Crippen molar-refractivity contribution in [3.8, 4) is 5.75 Å². The van der Waals surface area contributed by atoms with E-state index < -0.39 is 0 Å². The van der Waals surface area contributed by atoms with Crippen LogP contribution in [0.2, 0.25) is 0 Å². The third-order valence-corrected chi connectivity index (χ3v) is 6.42. The quantitative estimate of drug-likeness (QED) is 0.646. The number of nitrogens with one attached hydrogen (secondary N) is 1. The van der Waals surface area contributed by atoms with Crippen LogP contribution in [0.5, 0.6) is 5.75 Å². The number of benzene rings is 1. The van der Waals surface area contributed by atoms with Crippen molar-refractivity contribution in [1.29, 1.82) is 0 Å². The molecule has 2 aliphatic heterocycles. The lowest BCUT2D eigenvalue weighted by Gasteiger charge is -2.31. The van der Waals surface area contributed by atoms with Gasteiger partial charge in [-0.05, 0) is 38.3 Å². The lowest BCUT2D eigenvalue weighted by molar-refractivity contribution is -0.119. The predicted octanol–water partition coefficient (Wildman–Crippen LogP) is 2.97. The minimum Gasteiger partial charge on any atom is -0.496 e. The molecule has 0 spiro atoms. The number of methoxy groups -OCH3 is 1. The predicted molar refractivity (Wildman–Crippen MR) is 121 cm³/mol. The van der Waals surface area contributed by atoms with Crippen molar-refractivity contribution in [3.63, 3.8) is 0 Å². The highest BCUT2D eigenvalue weighted by atomic mass is 16.5. The summed E-state index contributed by atoms with van der Waals surface area (Å²) in [5.41, 5.74) is 3.20. The Bertz CT molecular complexity index is 1190. The van der Waals surface area contributed by atoms with Gasteiger partial charge in [-0.2, -0.15) is 5.10 Å². The van der Waals surface area contributed by atoms with Gasteiger partial charge < -0.3 is 9.64 Å². The van der Waals surface area contributed by atoms with E-state index in [0.717, 1.165) is 35.4 Å². The first-order valence-corrected chi connectivity index (χ1v) is 11.2. The molecular formula is C24H26N6O3. The number of fused-ring (bicyclic) bond motifs is 1. The van der Waals surface area contributed by atoms with Crippen LogP contribution in [0, 0.1) is 6.92 Å². The molecule has 1 saturated heterocycles. The monoisotopic (exact) mass is 446 g/mol. The number of amides is 2. The van der Waals surface area contributed by atoms with Crippen LogP contribution < -0.4 is 9.64 Å². The van der Waals surface area contributed by atoms with Crippen molar-refractivity contribution in [2.75, 3.05) is 18.6 Å². The second-order valence-corrected chi connectivity index (χ2v) is 8.39. The van der Waals surface area contributed by atoms with Gasteiger partial charge in [-0.25, -0.2) is 9.97 Å². The van der Waals surface area contributed by atoms with E-state index in [1.807, 2.05) is 31.2 Å². The number of anilines is 1. The van der Waals surface area contributed by atoms with E-state index in [-0.39, 0.29) is 17.9 Å². The maximum absolute atomic E-state index is 13.0. The third-order valence-electron chi connectivity index (χ3n) is 6.42. The van der Waals surface area contributed by atoms with Gasteiger partial charge in [0.05, 0.1) is 19.7 Å². The van der Waals surface area contributed by atoms with Crippen LogP contribution in [0.15, 0.2) is 36.5 Å². The molecule has 2 aromatic heterocycles. The summed E-state index contributed by atoms with van der Waals surface area (Å²) in [6, 6.07) is 9.11. The van der Waals surface area contributed by atoms with Gasteiger partial charge in [0.15, 0.2) is 5.82 Å². The highest BCUT2D eigenvalue weighted by Gasteiger charge is 2.36. The summed E-state index contributed by atoms with van der Waals surface area (Å²) in [5, 5.41) is 6.65. The van der Waals surface area contributed by atoms with Crippen LogP contribution in [0.25, 0.3) is 0 Å². The minimum atomic E-state index is -0.241. The van der Waals surface area contributed by atoms with E-state index in [4.69, 9.17) is 14.7 Å². The molecule has 2 aliphatic rings. The number of aryl methyl sites for hydroxylation is 1. The van der Waals surface area contributed by atoms with E-state index in [0.29, 0.717) is 43.3 Å². The second-order valence-electron chi connectivity index (χ2n) is 8.39. The normalized spacial score (nSPS) is 17.9. The third kappa shape index (κ3) is 3.83. The summed E-state index contributed by atoms with van der Waals surface area (Å²) in [6.45, 7) is 2.95. The topological polar surface area (TPSA) is 104 Å². The number of ether oxygens (including phenoxy) is 1. The lowest BCUT2D eigenvalue weighted by Crippen LogP contribution is -2.37. The van der Waals surface area contributed by atoms with Crippen LogP contribution in [0.1, 0.15) is 58.4 Å². The zero-order valence-corrected chi connectivity index (χ0v) is 18.7. The first-order valence-electron chi connectivity index (χ1n) is 11.2. The fraction of sp³-hybridized carbons (Fsp3) is 0.375. The van der Waals surface area contributed by atoms with E-state index in [2.05, 4.69) is 10.2 Å². The molecule has 3 aromatic rings. The number of carbonyl (C=O) groups excluding carboxylic acids is 2. The molecule has 1 aromatic carbocycles. The molecule has 4 heterocycles. The summed E-state index contributed by atoms with van der Waals surface area (Å²) >= 11 is 0. The Hall–Kier alpha value is -3.75. The van der Waals surface area contributed by atoms with Gasteiger partial charge in [-0.1, -0.05) is 18.2 Å². The van der Waals surface area contributed by atoms with Crippen molar-refractivity contribution in [3.05, 3.63) is 64.9 Å². The van der Waals surface area contributed by atoms with Gasteiger partial charge in [-0.3, -0.25) is 19.6 Å². The number of carbonyl (C=O) groups is 2. The van der Waals surface area contributed by atoms with Gasteiger partial charge in [0.1, 0.15) is 17.3 Å². The van der Waals surface area contributed by atoms with Gasteiger partial charge in [-0.15, -0.1) is 0 Å². The molecule has 9 heteroatoms. The maximum Gasteiger partial charge on any atom is 0.272 e. The molecule has 0 unspecified atom stereocenters. The zero-order valence-electron chi connectivity index (χ0n) is 18.7. The molecule has 33 heavy (non-hydrogen) atoms. The number of aromatic nitrogens is 4. The molecule has 0 bridgehead atoms. The summed E-state index contributed by atoms with van der Waals surface area (Å²) in [6.07, 6.45) is 4.25. The van der Waals surface area contributed by atoms with Crippen molar-refractivity contribution in [2.24, 2.45) is 0 Å². The van der Waals surface area contributed by atoms with E-state index in [9.17, 15) is 9.59 Å². The summed E-state index contributed by atoms with van der Waals surface area (Å²) in [7, 11) is 1.63. The van der Waals surface area contributed by atoms with E-state index in [1.54, 1.807) is 29.2 Å². The number of H-pyrrole nitrogens is 1. The van der Waals surface area contributed by atoms with Crippen LogP contribution in [0.3, 0.4) is 0 Å². The Morgan fingerprint density at radius 1 is 1.21 bits per heavy atom. The van der Waals surface area contributed by atoms with Crippen LogP contribution in [0.4, 0.5) is 5.82 Å². The number of aromatic amines is 1. The second kappa shape index (κ2) is 8.65. The van der Waals surface area contributed by atoms with Crippen molar-refractivity contribution in [1.82, 2.24) is 25.1 Å². The van der Waals surface area contributed by atoms with Crippen molar-refractivity contribution >= 4 is 17.6 Å². The molecular weight excluding hydrogens is 420 g/mol. The standard InChI is InChI=1S/C24H26N6O3/c1-15-17-9-10-21(31)30(14-16-6-3-4-8-20(16)33-2)23(17)27-22(26-15)19-7-5-13-29(19)24(32)18-11-12-25-28-18/h3-4,6,8,11-12,19H,5,7,9-10,13-14H2,1-2H3,(H,25,28)/t19-/m0/s1. The smallest absolute Gasteiger partial charge is 0.272 e. The average Bonchev–Trinajstić information content (AvgIpc) is 3.53. The number of para-hydroxylation sites is 1. The molecule has 0 radical (unpaired) electrons. The molecule has 5 rings (SSSR count). The molecule has 1 N–H and O–H groups in total. The summed E-state index contributed by atoms with van der Waals surface area (Å²) in [5.74, 6) is 1.86. The first-order chi connectivity index (χ1) is 16.1. The van der Waals surface area contributed by atoms with Gasteiger partial charge in [0.2, 0.25) is 5.91 Å². The summed E-state index contributed by atoms with van der Waals surface area (Å²) < 4.78 is 5.49. The number of nitrogens with zero attached hydrogens (tertiary/aromatic N) is 5. The lowest BCUT2D eigenvalue weighted by atomic mass is 10.0. The fourth-order valence-electron chi connectivity index (χ4n) is 4.73. The molecule has 1 fully saturated rings.